The van der Waals surface area contributed by atoms with Crippen LogP contribution in [0.4, 0.5) is 8.78 Å². The number of amides is 1. The summed E-state index contributed by atoms with van der Waals surface area (Å²) in [6.45, 7) is 4.26. The highest BCUT2D eigenvalue weighted by Gasteiger charge is 2.27. The minimum atomic E-state index is -1.24. The third-order valence-corrected chi connectivity index (χ3v) is 3.84. The van der Waals surface area contributed by atoms with Crippen molar-refractivity contribution in [3.05, 3.63) is 29.6 Å². The Kier molecular flexibility index (Phi) is 4.12. The van der Waals surface area contributed by atoms with Gasteiger partial charge in [-0.15, -0.1) is 0 Å². The normalized spacial score (nSPS) is 27.1. The molecule has 0 spiro atoms. The number of nitrogens with one attached hydrogen (secondary N) is 1. The molecule has 1 N–H and O–H groups in total. The maximum Gasteiger partial charge on any atom is 0.254 e. The van der Waals surface area contributed by atoms with Crippen molar-refractivity contribution < 1.29 is 13.6 Å². The van der Waals surface area contributed by atoms with Gasteiger partial charge in [-0.3, -0.25) is 4.79 Å². The fourth-order valence-corrected chi connectivity index (χ4v) is 2.72. The molecule has 104 valence electrons. The van der Waals surface area contributed by atoms with Gasteiger partial charge in [-0.1, -0.05) is 13.8 Å². The molecule has 0 aromatic carbocycles. The first-order valence-electron chi connectivity index (χ1n) is 6.60. The van der Waals surface area contributed by atoms with Gasteiger partial charge in [0.2, 0.25) is 5.95 Å². The first kappa shape index (κ1) is 13.9. The van der Waals surface area contributed by atoms with Crippen molar-refractivity contribution >= 4 is 5.91 Å². The Labute approximate surface area is 111 Å². The Morgan fingerprint density at radius 2 is 2.11 bits per heavy atom. The van der Waals surface area contributed by atoms with Crippen molar-refractivity contribution in [3.63, 3.8) is 0 Å². The monoisotopic (exact) mass is 268 g/mol. The molecule has 5 heteroatoms. The molecule has 3 atom stereocenters. The van der Waals surface area contributed by atoms with Crippen LogP contribution in [-0.4, -0.2) is 16.9 Å². The van der Waals surface area contributed by atoms with Gasteiger partial charge in [-0.05, 0) is 37.2 Å². The van der Waals surface area contributed by atoms with Gasteiger partial charge < -0.3 is 5.32 Å². The van der Waals surface area contributed by atoms with Gasteiger partial charge in [0.1, 0.15) is 0 Å². The molecule has 1 amide bonds. The molecule has 0 aliphatic heterocycles. The van der Waals surface area contributed by atoms with Crippen LogP contribution in [0.1, 0.15) is 43.5 Å². The fourth-order valence-electron chi connectivity index (χ4n) is 2.72. The number of hydrogen-bond acceptors (Lipinski definition) is 2. The molecule has 1 aliphatic carbocycles. The Hall–Kier alpha value is -1.52. The average Bonchev–Trinajstić information content (AvgIpc) is 2.36. The van der Waals surface area contributed by atoms with Crippen LogP contribution in [0.15, 0.2) is 12.3 Å². The van der Waals surface area contributed by atoms with Crippen LogP contribution in [0.25, 0.3) is 0 Å². The Morgan fingerprint density at radius 1 is 1.37 bits per heavy atom. The summed E-state index contributed by atoms with van der Waals surface area (Å²) in [6.07, 6.45) is 4.06. The van der Waals surface area contributed by atoms with E-state index < -0.39 is 17.7 Å². The van der Waals surface area contributed by atoms with E-state index >= 15 is 0 Å². The van der Waals surface area contributed by atoms with Gasteiger partial charge >= 0.3 is 0 Å². The van der Waals surface area contributed by atoms with E-state index in [9.17, 15) is 13.6 Å². The highest BCUT2D eigenvalue weighted by molar-refractivity contribution is 5.94. The van der Waals surface area contributed by atoms with Crippen LogP contribution in [0.3, 0.4) is 0 Å². The molecule has 1 heterocycles. The van der Waals surface area contributed by atoms with E-state index in [-0.39, 0.29) is 11.6 Å². The van der Waals surface area contributed by atoms with Crippen LogP contribution in [0.2, 0.25) is 0 Å². The van der Waals surface area contributed by atoms with E-state index in [0.717, 1.165) is 25.5 Å². The first-order valence-corrected chi connectivity index (χ1v) is 6.60. The zero-order valence-electron chi connectivity index (χ0n) is 11.1. The lowest BCUT2D eigenvalue weighted by Gasteiger charge is -2.33. The first-order chi connectivity index (χ1) is 8.99. The average molecular weight is 268 g/mol. The third-order valence-electron chi connectivity index (χ3n) is 3.84. The number of carbonyl (C=O) groups is 1. The largest absolute Gasteiger partial charge is 0.349 e. The van der Waals surface area contributed by atoms with Gasteiger partial charge in [0.15, 0.2) is 5.82 Å². The quantitative estimate of drug-likeness (QED) is 0.838. The van der Waals surface area contributed by atoms with Crippen molar-refractivity contribution in [1.29, 1.82) is 0 Å². The zero-order valence-corrected chi connectivity index (χ0v) is 11.1. The molecule has 0 radical (unpaired) electrons. The predicted octanol–water partition coefficient (Wildman–Crippen LogP) is 2.91. The van der Waals surface area contributed by atoms with E-state index in [2.05, 4.69) is 24.1 Å². The smallest absolute Gasteiger partial charge is 0.254 e. The zero-order chi connectivity index (χ0) is 14.0. The van der Waals surface area contributed by atoms with Crippen molar-refractivity contribution in [2.75, 3.05) is 0 Å². The van der Waals surface area contributed by atoms with Gasteiger partial charge in [0.25, 0.3) is 5.91 Å². The van der Waals surface area contributed by atoms with Crippen molar-refractivity contribution in [2.45, 2.75) is 39.2 Å². The van der Waals surface area contributed by atoms with E-state index in [1.165, 1.54) is 6.07 Å². The summed E-state index contributed by atoms with van der Waals surface area (Å²) in [4.78, 5) is 15.1. The Balaban J connectivity index is 2.07. The van der Waals surface area contributed by atoms with Crippen LogP contribution >= 0.6 is 0 Å². The molecule has 0 saturated heterocycles. The fraction of sp³-hybridized carbons (Fsp3) is 0.571. The van der Waals surface area contributed by atoms with Gasteiger partial charge in [-0.25, -0.2) is 9.37 Å². The van der Waals surface area contributed by atoms with Crippen molar-refractivity contribution in [1.82, 2.24) is 10.3 Å². The number of nitrogens with zero attached hydrogens (tertiary/aromatic N) is 1. The molecule has 0 bridgehead atoms. The second kappa shape index (κ2) is 5.63. The minimum Gasteiger partial charge on any atom is -0.349 e. The SMILES string of the molecule is CC1CCC(NC(=O)c2ccnc(F)c2F)C(C)C1. The standard InChI is InChI=1S/C14H18F2N2O/c1-8-3-4-11(9(2)7-8)18-14(19)10-5-6-17-13(16)12(10)15/h5-6,8-9,11H,3-4,7H2,1-2H3,(H,18,19). The van der Waals surface area contributed by atoms with E-state index in [1.54, 1.807) is 0 Å². The van der Waals surface area contributed by atoms with Crippen LogP contribution in [0, 0.1) is 23.6 Å². The number of carbonyl (C=O) groups excluding carboxylic acids is 1. The molecule has 1 aromatic rings. The number of pyridine rings is 1. The van der Waals surface area contributed by atoms with Crippen LogP contribution in [-0.2, 0) is 0 Å². The summed E-state index contributed by atoms with van der Waals surface area (Å²) >= 11 is 0. The molecule has 1 aliphatic rings. The molecule has 2 rings (SSSR count). The third kappa shape index (κ3) is 3.08. The number of halogens is 2. The predicted molar refractivity (Wildman–Crippen MR) is 67.6 cm³/mol. The Bertz CT molecular complexity index is 479. The maximum absolute atomic E-state index is 13.5. The summed E-state index contributed by atoms with van der Waals surface area (Å²) < 4.78 is 26.4. The number of rotatable bonds is 2. The summed E-state index contributed by atoms with van der Waals surface area (Å²) in [5.74, 6) is -1.99. The molecule has 1 fully saturated rings. The lowest BCUT2D eigenvalue weighted by atomic mass is 9.80. The lowest BCUT2D eigenvalue weighted by molar-refractivity contribution is 0.0894. The number of hydrogen-bond donors (Lipinski definition) is 1. The highest BCUT2D eigenvalue weighted by atomic mass is 19.2. The maximum atomic E-state index is 13.5. The van der Waals surface area contributed by atoms with Gasteiger partial charge in [0.05, 0.1) is 5.56 Å². The molecular weight excluding hydrogens is 250 g/mol. The van der Waals surface area contributed by atoms with Gasteiger partial charge in [0, 0.05) is 12.2 Å². The van der Waals surface area contributed by atoms with Crippen molar-refractivity contribution in [3.8, 4) is 0 Å². The number of aromatic nitrogens is 1. The van der Waals surface area contributed by atoms with Crippen molar-refractivity contribution in [2.24, 2.45) is 11.8 Å². The summed E-state index contributed by atoms with van der Waals surface area (Å²) in [6, 6.07) is 1.23. The molecule has 19 heavy (non-hydrogen) atoms. The second-order valence-electron chi connectivity index (χ2n) is 5.44. The Morgan fingerprint density at radius 3 is 2.79 bits per heavy atom. The van der Waals surface area contributed by atoms with E-state index in [1.807, 2.05) is 0 Å². The minimum absolute atomic E-state index is 0.0272. The molecule has 1 saturated carbocycles. The molecule has 3 unspecified atom stereocenters. The van der Waals surface area contributed by atoms with Crippen LogP contribution < -0.4 is 5.32 Å². The highest BCUT2D eigenvalue weighted by Crippen LogP contribution is 2.28. The topological polar surface area (TPSA) is 42.0 Å². The second-order valence-corrected chi connectivity index (χ2v) is 5.44. The summed E-state index contributed by atoms with van der Waals surface area (Å²) in [7, 11) is 0. The molecular formula is C14H18F2N2O. The van der Waals surface area contributed by atoms with Crippen LogP contribution in [0.5, 0.6) is 0 Å². The lowest BCUT2D eigenvalue weighted by Crippen LogP contribution is -2.42. The van der Waals surface area contributed by atoms with E-state index in [4.69, 9.17) is 0 Å². The molecule has 3 nitrogen and oxygen atoms in total. The van der Waals surface area contributed by atoms with E-state index in [0.29, 0.717) is 11.8 Å². The summed E-state index contributed by atoms with van der Waals surface area (Å²) in [5, 5.41) is 2.80. The van der Waals surface area contributed by atoms with Gasteiger partial charge in [-0.2, -0.15) is 4.39 Å². The summed E-state index contributed by atoms with van der Waals surface area (Å²) in [5.41, 5.74) is -0.279. The molecule has 1 aromatic heterocycles.